The summed E-state index contributed by atoms with van der Waals surface area (Å²) < 4.78 is 3.46. The normalized spacial score (nSPS) is 11.6. The first-order valence-corrected chi connectivity index (χ1v) is 9.34. The highest BCUT2D eigenvalue weighted by Crippen LogP contribution is 2.37. The number of benzene rings is 4. The van der Waals surface area contributed by atoms with Gasteiger partial charge in [0.15, 0.2) is 0 Å². The lowest BCUT2D eigenvalue weighted by molar-refractivity contribution is 0.962. The van der Waals surface area contributed by atoms with E-state index < -0.39 is 0 Å². The lowest BCUT2D eigenvalue weighted by Crippen LogP contribution is -1.93. The summed E-state index contributed by atoms with van der Waals surface area (Å²) in [5.41, 5.74) is 3.42. The number of hydrogen-bond acceptors (Lipinski definition) is 1. The van der Waals surface area contributed by atoms with Gasteiger partial charge in [0.1, 0.15) is 5.82 Å². The summed E-state index contributed by atoms with van der Waals surface area (Å²) >= 11 is 2.38. The van der Waals surface area contributed by atoms with Gasteiger partial charge in [-0.15, -0.1) is 0 Å². The van der Waals surface area contributed by atoms with E-state index in [0.717, 1.165) is 16.9 Å². The molecule has 4 aromatic carbocycles. The van der Waals surface area contributed by atoms with Gasteiger partial charge in [0, 0.05) is 27.0 Å². The molecule has 25 heavy (non-hydrogen) atoms. The van der Waals surface area contributed by atoms with E-state index in [1.165, 1.54) is 30.6 Å². The van der Waals surface area contributed by atoms with Crippen molar-refractivity contribution in [2.24, 2.45) is 7.05 Å². The molecule has 5 aromatic rings. The van der Waals surface area contributed by atoms with Crippen LogP contribution in [-0.4, -0.2) is 9.55 Å². The van der Waals surface area contributed by atoms with Crippen LogP contribution in [0.15, 0.2) is 72.8 Å². The lowest BCUT2D eigenvalue weighted by Gasteiger charge is -2.08. The van der Waals surface area contributed by atoms with Crippen LogP contribution in [0.5, 0.6) is 0 Å². The van der Waals surface area contributed by atoms with Crippen LogP contribution in [0, 0.1) is 3.57 Å². The highest BCUT2D eigenvalue weighted by Gasteiger charge is 2.16. The van der Waals surface area contributed by atoms with Gasteiger partial charge in [0.2, 0.25) is 0 Å². The number of halogens is 1. The molecule has 0 atom stereocenters. The molecule has 1 aromatic heterocycles. The predicted molar refractivity (Wildman–Crippen MR) is 114 cm³/mol. The molecule has 120 valence electrons. The standard InChI is InChI=1S/C22H15IN2/c1-25-21-18-10-6-5-9-16(18)17-12-11-15(23)13-19(17)20(21)24-22(25)14-7-3-2-4-8-14/h2-13H,1H3. The number of imidazole rings is 1. The Hall–Kier alpha value is -2.40. The minimum atomic E-state index is 1.01. The summed E-state index contributed by atoms with van der Waals surface area (Å²) in [7, 11) is 2.11. The van der Waals surface area contributed by atoms with Crippen LogP contribution in [-0.2, 0) is 7.05 Å². The molecule has 0 fully saturated rings. The molecule has 0 bridgehead atoms. The fourth-order valence-electron chi connectivity index (χ4n) is 3.71. The zero-order valence-electron chi connectivity index (χ0n) is 13.7. The number of hydrogen-bond donors (Lipinski definition) is 0. The third kappa shape index (κ3) is 2.19. The second-order valence-corrected chi connectivity index (χ2v) is 7.54. The van der Waals surface area contributed by atoms with Crippen LogP contribution in [0.25, 0.3) is 44.0 Å². The molecule has 0 saturated carbocycles. The van der Waals surface area contributed by atoms with E-state index >= 15 is 0 Å². The molecule has 0 N–H and O–H groups in total. The van der Waals surface area contributed by atoms with E-state index in [-0.39, 0.29) is 0 Å². The Labute approximate surface area is 159 Å². The average Bonchev–Trinajstić information content (AvgIpc) is 3.00. The molecule has 1 heterocycles. The van der Waals surface area contributed by atoms with Gasteiger partial charge in [-0.1, -0.05) is 60.7 Å². The minimum Gasteiger partial charge on any atom is -0.327 e. The summed E-state index contributed by atoms with van der Waals surface area (Å²) in [6.07, 6.45) is 0. The second-order valence-electron chi connectivity index (χ2n) is 6.29. The number of fused-ring (bicyclic) bond motifs is 6. The van der Waals surface area contributed by atoms with E-state index in [2.05, 4.69) is 101 Å². The molecule has 3 heteroatoms. The van der Waals surface area contributed by atoms with E-state index in [0.29, 0.717) is 0 Å². The largest absolute Gasteiger partial charge is 0.327 e. The number of rotatable bonds is 1. The van der Waals surface area contributed by atoms with Gasteiger partial charge in [0.25, 0.3) is 0 Å². The van der Waals surface area contributed by atoms with Crippen molar-refractivity contribution >= 4 is 55.2 Å². The Morgan fingerprint density at radius 3 is 2.24 bits per heavy atom. The first kappa shape index (κ1) is 14.9. The number of nitrogens with zero attached hydrogens (tertiary/aromatic N) is 2. The fraction of sp³-hybridized carbons (Fsp3) is 0.0455. The van der Waals surface area contributed by atoms with Gasteiger partial charge in [0.05, 0.1) is 11.0 Å². The average molecular weight is 434 g/mol. The van der Waals surface area contributed by atoms with Crippen LogP contribution in [0.2, 0.25) is 0 Å². The third-order valence-corrected chi connectivity index (χ3v) is 5.51. The van der Waals surface area contributed by atoms with Crippen LogP contribution in [0.1, 0.15) is 0 Å². The molecule has 0 saturated heterocycles. The molecule has 5 rings (SSSR count). The Morgan fingerprint density at radius 1 is 0.760 bits per heavy atom. The molecular weight excluding hydrogens is 419 g/mol. The SMILES string of the molecule is Cn1c(-c2ccccc2)nc2c3cc(I)ccc3c3ccccc3c21. The molecule has 0 amide bonds. The quantitative estimate of drug-likeness (QED) is 0.229. The first-order chi connectivity index (χ1) is 12.2. The maximum Gasteiger partial charge on any atom is 0.140 e. The monoisotopic (exact) mass is 434 g/mol. The lowest BCUT2D eigenvalue weighted by atomic mass is 10.00. The minimum absolute atomic E-state index is 1.01. The molecule has 0 aliphatic rings. The zero-order valence-corrected chi connectivity index (χ0v) is 15.9. The van der Waals surface area contributed by atoms with Crippen molar-refractivity contribution in [3.05, 3.63) is 76.4 Å². The summed E-state index contributed by atoms with van der Waals surface area (Å²) in [6.45, 7) is 0. The van der Waals surface area contributed by atoms with Crippen molar-refractivity contribution < 1.29 is 0 Å². The smallest absolute Gasteiger partial charge is 0.140 e. The van der Waals surface area contributed by atoms with Crippen molar-refractivity contribution in [2.45, 2.75) is 0 Å². The topological polar surface area (TPSA) is 17.8 Å². The highest BCUT2D eigenvalue weighted by atomic mass is 127. The predicted octanol–water partition coefficient (Wildman–Crippen LogP) is 6.15. The van der Waals surface area contributed by atoms with E-state index in [1.807, 2.05) is 6.07 Å². The van der Waals surface area contributed by atoms with Crippen LogP contribution in [0.4, 0.5) is 0 Å². The van der Waals surface area contributed by atoms with Gasteiger partial charge >= 0.3 is 0 Å². The summed E-state index contributed by atoms with van der Waals surface area (Å²) in [5.74, 6) is 1.01. The summed E-state index contributed by atoms with van der Waals surface area (Å²) in [6, 6.07) is 25.7. The Kier molecular flexibility index (Phi) is 3.31. The van der Waals surface area contributed by atoms with Gasteiger partial charge in [-0.05, 0) is 45.5 Å². The van der Waals surface area contributed by atoms with Crippen LogP contribution in [0.3, 0.4) is 0 Å². The van der Waals surface area contributed by atoms with Gasteiger partial charge in [-0.3, -0.25) is 0 Å². The van der Waals surface area contributed by atoms with Crippen molar-refractivity contribution in [1.82, 2.24) is 9.55 Å². The molecule has 2 nitrogen and oxygen atoms in total. The summed E-state index contributed by atoms with van der Waals surface area (Å²) in [4.78, 5) is 5.06. The molecule has 0 aliphatic carbocycles. The fourth-order valence-corrected chi connectivity index (χ4v) is 4.20. The van der Waals surface area contributed by atoms with Crippen molar-refractivity contribution in [3.63, 3.8) is 0 Å². The molecule has 0 spiro atoms. The highest BCUT2D eigenvalue weighted by molar-refractivity contribution is 14.1. The van der Waals surface area contributed by atoms with Crippen molar-refractivity contribution in [2.75, 3.05) is 0 Å². The maximum atomic E-state index is 5.06. The van der Waals surface area contributed by atoms with E-state index in [9.17, 15) is 0 Å². The number of aromatic nitrogens is 2. The maximum absolute atomic E-state index is 5.06. The van der Waals surface area contributed by atoms with Crippen LogP contribution >= 0.6 is 22.6 Å². The first-order valence-electron chi connectivity index (χ1n) is 8.26. The third-order valence-electron chi connectivity index (χ3n) is 4.84. The Balaban J connectivity index is 2.04. The molecule has 0 aliphatic heterocycles. The second kappa shape index (κ2) is 5.56. The number of aryl methyl sites for hydroxylation is 1. The Bertz CT molecular complexity index is 1250. The summed E-state index contributed by atoms with van der Waals surface area (Å²) in [5, 5.41) is 5.02. The van der Waals surface area contributed by atoms with Gasteiger partial charge < -0.3 is 4.57 Å². The van der Waals surface area contributed by atoms with Gasteiger partial charge in [-0.25, -0.2) is 4.98 Å². The van der Waals surface area contributed by atoms with Crippen LogP contribution < -0.4 is 0 Å². The van der Waals surface area contributed by atoms with E-state index in [1.54, 1.807) is 0 Å². The molecule has 0 unspecified atom stereocenters. The van der Waals surface area contributed by atoms with Crippen molar-refractivity contribution in [3.8, 4) is 11.4 Å². The molecule has 0 radical (unpaired) electrons. The van der Waals surface area contributed by atoms with Crippen molar-refractivity contribution in [1.29, 1.82) is 0 Å². The Morgan fingerprint density at radius 2 is 1.44 bits per heavy atom. The zero-order chi connectivity index (χ0) is 17.0. The molecular formula is C22H15IN2. The van der Waals surface area contributed by atoms with E-state index in [4.69, 9.17) is 4.98 Å². The van der Waals surface area contributed by atoms with Gasteiger partial charge in [-0.2, -0.15) is 0 Å².